The molecule has 0 aliphatic rings. The highest BCUT2D eigenvalue weighted by atomic mass is 32.2. The molecule has 0 bridgehead atoms. The predicted octanol–water partition coefficient (Wildman–Crippen LogP) is 4.01. The van der Waals surface area contributed by atoms with Crippen molar-refractivity contribution in [3.05, 3.63) is 90.0 Å². The zero-order chi connectivity index (χ0) is 21.7. The molecule has 3 aromatic carbocycles. The van der Waals surface area contributed by atoms with Gasteiger partial charge >= 0.3 is 0 Å². The van der Waals surface area contributed by atoms with Crippen molar-refractivity contribution in [1.82, 2.24) is 5.32 Å². The van der Waals surface area contributed by atoms with E-state index < -0.39 is 10.0 Å². The first-order chi connectivity index (χ1) is 14.3. The fourth-order valence-electron chi connectivity index (χ4n) is 2.97. The molecule has 1 atom stereocenters. The minimum absolute atomic E-state index is 0.191. The third kappa shape index (κ3) is 4.63. The lowest BCUT2D eigenvalue weighted by molar-refractivity contribution is 0.0940. The van der Waals surface area contributed by atoms with Gasteiger partial charge in [0.25, 0.3) is 15.9 Å². The molecule has 1 amide bonds. The standard InChI is InChI=1S/C23H24N2O4S/c1-17(18-11-15-21(29-3)16-12-18)24-23(26)19-9-13-20(14-10-19)25(2)30(27,28)22-7-5-4-6-8-22/h4-17H,1-3H3,(H,24,26)/t17-/m1/s1. The molecule has 30 heavy (non-hydrogen) atoms. The van der Waals surface area contributed by atoms with Gasteiger partial charge in [0.05, 0.1) is 23.7 Å². The summed E-state index contributed by atoms with van der Waals surface area (Å²) < 4.78 is 31.8. The lowest BCUT2D eigenvalue weighted by Crippen LogP contribution is -2.28. The Bertz CT molecular complexity index is 1100. The van der Waals surface area contributed by atoms with Crippen LogP contribution in [0.4, 0.5) is 5.69 Å². The molecular weight excluding hydrogens is 400 g/mol. The Hall–Kier alpha value is -3.32. The van der Waals surface area contributed by atoms with Gasteiger partial charge in [-0.2, -0.15) is 0 Å². The fourth-order valence-corrected chi connectivity index (χ4v) is 4.18. The van der Waals surface area contributed by atoms with Gasteiger partial charge in [-0.3, -0.25) is 9.10 Å². The molecule has 0 unspecified atom stereocenters. The molecule has 0 saturated carbocycles. The average Bonchev–Trinajstić information content (AvgIpc) is 2.79. The van der Waals surface area contributed by atoms with E-state index in [4.69, 9.17) is 4.74 Å². The zero-order valence-electron chi connectivity index (χ0n) is 17.1. The number of carbonyl (C=O) groups is 1. The summed E-state index contributed by atoms with van der Waals surface area (Å²) in [7, 11) is -0.571. The minimum Gasteiger partial charge on any atom is -0.497 e. The van der Waals surface area contributed by atoms with Gasteiger partial charge in [0.1, 0.15) is 5.75 Å². The van der Waals surface area contributed by atoms with Crippen molar-refractivity contribution in [3.8, 4) is 5.75 Å². The van der Waals surface area contributed by atoms with E-state index in [1.165, 1.54) is 11.4 Å². The normalized spacial score (nSPS) is 12.1. The summed E-state index contributed by atoms with van der Waals surface area (Å²) in [6, 6.07) is 22.0. The van der Waals surface area contributed by atoms with Gasteiger partial charge in [-0.1, -0.05) is 30.3 Å². The largest absolute Gasteiger partial charge is 0.497 e. The molecule has 3 aromatic rings. The Kier molecular flexibility index (Phi) is 6.42. The van der Waals surface area contributed by atoms with Crippen LogP contribution in [0.25, 0.3) is 0 Å². The van der Waals surface area contributed by atoms with Gasteiger partial charge in [-0.25, -0.2) is 8.42 Å². The van der Waals surface area contributed by atoms with E-state index in [1.807, 2.05) is 31.2 Å². The Morgan fingerprint density at radius 3 is 2.10 bits per heavy atom. The van der Waals surface area contributed by atoms with Crippen LogP contribution < -0.4 is 14.4 Å². The number of methoxy groups -OCH3 is 1. The number of hydrogen-bond acceptors (Lipinski definition) is 4. The van der Waals surface area contributed by atoms with E-state index in [0.29, 0.717) is 11.3 Å². The fraction of sp³-hybridized carbons (Fsp3) is 0.174. The minimum atomic E-state index is -3.66. The summed E-state index contributed by atoms with van der Waals surface area (Å²) >= 11 is 0. The number of anilines is 1. The molecule has 0 heterocycles. The van der Waals surface area contributed by atoms with E-state index in [9.17, 15) is 13.2 Å². The van der Waals surface area contributed by atoms with Gasteiger partial charge in [-0.05, 0) is 61.0 Å². The second-order valence-electron chi connectivity index (χ2n) is 6.80. The number of carbonyl (C=O) groups excluding carboxylic acids is 1. The number of nitrogens with one attached hydrogen (secondary N) is 1. The summed E-state index contributed by atoms with van der Waals surface area (Å²) in [6.45, 7) is 1.90. The molecule has 0 aliphatic carbocycles. The van der Waals surface area contributed by atoms with Crippen LogP contribution in [0.15, 0.2) is 83.8 Å². The van der Waals surface area contributed by atoms with Crippen LogP contribution in [0, 0.1) is 0 Å². The van der Waals surface area contributed by atoms with Crippen LogP contribution in [-0.2, 0) is 10.0 Å². The Morgan fingerprint density at radius 1 is 0.933 bits per heavy atom. The van der Waals surface area contributed by atoms with E-state index >= 15 is 0 Å². The number of hydrogen-bond donors (Lipinski definition) is 1. The number of ether oxygens (including phenoxy) is 1. The van der Waals surface area contributed by atoms with Crippen molar-refractivity contribution in [2.75, 3.05) is 18.5 Å². The van der Waals surface area contributed by atoms with E-state index in [0.717, 1.165) is 11.3 Å². The third-order valence-corrected chi connectivity index (χ3v) is 6.66. The summed E-state index contributed by atoms with van der Waals surface area (Å²) in [5.41, 5.74) is 1.87. The lowest BCUT2D eigenvalue weighted by atomic mass is 10.1. The van der Waals surface area contributed by atoms with Crippen LogP contribution in [0.2, 0.25) is 0 Å². The molecule has 0 spiro atoms. The van der Waals surface area contributed by atoms with E-state index in [1.54, 1.807) is 61.7 Å². The first-order valence-corrected chi connectivity index (χ1v) is 10.9. The SMILES string of the molecule is COc1ccc([C@@H](C)NC(=O)c2ccc(N(C)S(=O)(=O)c3ccccc3)cc2)cc1. The summed E-state index contributed by atoms with van der Waals surface area (Å²) in [4.78, 5) is 12.8. The molecule has 0 saturated heterocycles. The van der Waals surface area contributed by atoms with Crippen molar-refractivity contribution in [2.45, 2.75) is 17.9 Å². The van der Waals surface area contributed by atoms with Crippen molar-refractivity contribution in [2.24, 2.45) is 0 Å². The maximum Gasteiger partial charge on any atom is 0.264 e. The smallest absolute Gasteiger partial charge is 0.264 e. The number of sulfonamides is 1. The Balaban J connectivity index is 1.70. The maximum absolute atomic E-state index is 12.7. The zero-order valence-corrected chi connectivity index (χ0v) is 17.9. The average molecular weight is 425 g/mol. The summed E-state index contributed by atoms with van der Waals surface area (Å²) in [6.07, 6.45) is 0. The van der Waals surface area contributed by atoms with Gasteiger partial charge in [-0.15, -0.1) is 0 Å². The monoisotopic (exact) mass is 424 g/mol. The van der Waals surface area contributed by atoms with Crippen molar-refractivity contribution in [1.29, 1.82) is 0 Å². The molecule has 0 fully saturated rings. The number of rotatable bonds is 7. The summed E-state index contributed by atoms with van der Waals surface area (Å²) in [5.74, 6) is 0.515. The molecule has 6 nitrogen and oxygen atoms in total. The maximum atomic E-state index is 12.7. The number of nitrogens with zero attached hydrogens (tertiary/aromatic N) is 1. The number of amides is 1. The second kappa shape index (κ2) is 9.00. The van der Waals surface area contributed by atoms with E-state index in [-0.39, 0.29) is 16.8 Å². The number of benzene rings is 3. The molecule has 0 radical (unpaired) electrons. The molecule has 3 rings (SSSR count). The van der Waals surface area contributed by atoms with Crippen molar-refractivity contribution in [3.63, 3.8) is 0 Å². The van der Waals surface area contributed by atoms with Gasteiger partial charge in [0.2, 0.25) is 0 Å². The lowest BCUT2D eigenvalue weighted by Gasteiger charge is -2.20. The van der Waals surface area contributed by atoms with Crippen LogP contribution in [0.5, 0.6) is 5.75 Å². The second-order valence-corrected chi connectivity index (χ2v) is 8.77. The van der Waals surface area contributed by atoms with Gasteiger partial charge < -0.3 is 10.1 Å². The highest BCUT2D eigenvalue weighted by Crippen LogP contribution is 2.23. The third-order valence-electron chi connectivity index (χ3n) is 4.86. The molecule has 7 heteroatoms. The van der Waals surface area contributed by atoms with Crippen LogP contribution in [0.3, 0.4) is 0 Å². The van der Waals surface area contributed by atoms with Crippen LogP contribution >= 0.6 is 0 Å². The summed E-state index contributed by atoms with van der Waals surface area (Å²) in [5, 5.41) is 2.94. The highest BCUT2D eigenvalue weighted by Gasteiger charge is 2.21. The van der Waals surface area contributed by atoms with Crippen LogP contribution in [-0.4, -0.2) is 28.5 Å². The first kappa shape index (κ1) is 21.4. The quantitative estimate of drug-likeness (QED) is 0.622. The molecule has 0 aliphatic heterocycles. The van der Waals surface area contributed by atoms with Crippen molar-refractivity contribution >= 4 is 21.6 Å². The first-order valence-electron chi connectivity index (χ1n) is 9.42. The topological polar surface area (TPSA) is 75.7 Å². The van der Waals surface area contributed by atoms with Crippen molar-refractivity contribution < 1.29 is 17.9 Å². The van der Waals surface area contributed by atoms with Gasteiger partial charge in [0, 0.05) is 12.6 Å². The van der Waals surface area contributed by atoms with Crippen LogP contribution in [0.1, 0.15) is 28.9 Å². The Morgan fingerprint density at radius 2 is 1.53 bits per heavy atom. The predicted molar refractivity (Wildman–Crippen MR) is 117 cm³/mol. The van der Waals surface area contributed by atoms with Gasteiger partial charge in [0.15, 0.2) is 0 Å². The molecular formula is C23H24N2O4S. The molecule has 0 aromatic heterocycles. The molecule has 156 valence electrons. The van der Waals surface area contributed by atoms with E-state index in [2.05, 4.69) is 5.32 Å². The Labute approximate surface area is 177 Å². The molecule has 1 N–H and O–H groups in total. The highest BCUT2D eigenvalue weighted by molar-refractivity contribution is 7.92.